The van der Waals surface area contributed by atoms with Crippen LogP contribution in [0.25, 0.3) is 11.4 Å². The Morgan fingerprint density at radius 2 is 1.88 bits per heavy atom. The lowest BCUT2D eigenvalue weighted by atomic mass is 10.2. The van der Waals surface area contributed by atoms with E-state index in [-0.39, 0.29) is 4.90 Å². The SMILES string of the molecule is COc1cccc(NS(=O)(=O)c2ccc(-c3noc(C)n3)cc2)c1. The number of nitrogens with one attached hydrogen (secondary N) is 1. The van der Waals surface area contributed by atoms with Crippen LogP contribution in [-0.2, 0) is 10.0 Å². The van der Waals surface area contributed by atoms with Crippen LogP contribution in [0.2, 0.25) is 0 Å². The van der Waals surface area contributed by atoms with Crippen molar-refractivity contribution >= 4 is 15.7 Å². The average molecular weight is 345 g/mol. The van der Waals surface area contributed by atoms with Crippen molar-refractivity contribution in [2.24, 2.45) is 0 Å². The van der Waals surface area contributed by atoms with E-state index in [1.54, 1.807) is 43.3 Å². The molecule has 3 rings (SSSR count). The first kappa shape index (κ1) is 16.0. The smallest absolute Gasteiger partial charge is 0.261 e. The Morgan fingerprint density at radius 1 is 1.12 bits per heavy atom. The van der Waals surface area contributed by atoms with Crippen molar-refractivity contribution in [1.82, 2.24) is 10.1 Å². The molecular formula is C16H15N3O4S. The third kappa shape index (κ3) is 3.38. The van der Waals surface area contributed by atoms with Gasteiger partial charge in [-0.2, -0.15) is 4.98 Å². The molecule has 0 fully saturated rings. The van der Waals surface area contributed by atoms with Crippen LogP contribution in [0.4, 0.5) is 5.69 Å². The van der Waals surface area contributed by atoms with Gasteiger partial charge in [-0.25, -0.2) is 8.42 Å². The molecule has 2 aromatic carbocycles. The van der Waals surface area contributed by atoms with Gasteiger partial charge >= 0.3 is 0 Å². The summed E-state index contributed by atoms with van der Waals surface area (Å²) in [5.74, 6) is 1.43. The predicted molar refractivity (Wildman–Crippen MR) is 88.3 cm³/mol. The van der Waals surface area contributed by atoms with Crippen LogP contribution in [0.3, 0.4) is 0 Å². The Balaban J connectivity index is 1.84. The van der Waals surface area contributed by atoms with E-state index < -0.39 is 10.0 Å². The molecule has 0 aliphatic rings. The monoisotopic (exact) mass is 345 g/mol. The molecule has 0 aliphatic carbocycles. The maximum Gasteiger partial charge on any atom is 0.261 e. The number of aromatic nitrogens is 2. The molecule has 8 heteroatoms. The van der Waals surface area contributed by atoms with Crippen molar-refractivity contribution in [3.63, 3.8) is 0 Å². The minimum absolute atomic E-state index is 0.134. The number of aryl methyl sites for hydroxylation is 1. The van der Waals surface area contributed by atoms with Crippen molar-refractivity contribution in [2.45, 2.75) is 11.8 Å². The normalized spacial score (nSPS) is 11.2. The summed E-state index contributed by atoms with van der Waals surface area (Å²) in [5, 5.41) is 3.80. The Hall–Kier alpha value is -2.87. The van der Waals surface area contributed by atoms with Crippen LogP contribution in [0.1, 0.15) is 5.89 Å². The molecule has 1 N–H and O–H groups in total. The molecule has 0 saturated heterocycles. The highest BCUT2D eigenvalue weighted by atomic mass is 32.2. The second-order valence-corrected chi connectivity index (χ2v) is 6.68. The van der Waals surface area contributed by atoms with Crippen LogP contribution in [-0.4, -0.2) is 25.7 Å². The number of anilines is 1. The molecule has 0 aliphatic heterocycles. The lowest BCUT2D eigenvalue weighted by Gasteiger charge is -2.09. The second kappa shape index (κ2) is 6.32. The van der Waals surface area contributed by atoms with Crippen molar-refractivity contribution in [1.29, 1.82) is 0 Å². The van der Waals surface area contributed by atoms with E-state index in [4.69, 9.17) is 9.26 Å². The first-order valence-corrected chi connectivity index (χ1v) is 8.54. The number of hydrogen-bond acceptors (Lipinski definition) is 6. The van der Waals surface area contributed by atoms with Gasteiger partial charge in [-0.1, -0.05) is 11.2 Å². The quantitative estimate of drug-likeness (QED) is 0.764. The zero-order valence-electron chi connectivity index (χ0n) is 13.1. The average Bonchev–Trinajstić information content (AvgIpc) is 3.01. The molecule has 1 aromatic heterocycles. The fourth-order valence-corrected chi connectivity index (χ4v) is 3.15. The van der Waals surface area contributed by atoms with Gasteiger partial charge in [-0.3, -0.25) is 4.72 Å². The summed E-state index contributed by atoms with van der Waals surface area (Å²) >= 11 is 0. The largest absolute Gasteiger partial charge is 0.497 e. The van der Waals surface area contributed by atoms with E-state index in [1.165, 1.54) is 19.2 Å². The van der Waals surface area contributed by atoms with Gasteiger partial charge in [0.1, 0.15) is 5.75 Å². The maximum atomic E-state index is 12.5. The molecule has 0 saturated carbocycles. The van der Waals surface area contributed by atoms with Crippen LogP contribution < -0.4 is 9.46 Å². The number of methoxy groups -OCH3 is 1. The minimum atomic E-state index is -3.70. The van der Waals surface area contributed by atoms with E-state index in [2.05, 4.69) is 14.9 Å². The molecule has 0 radical (unpaired) electrons. The van der Waals surface area contributed by atoms with E-state index in [0.717, 1.165) is 0 Å². The van der Waals surface area contributed by atoms with Crippen LogP contribution in [0.15, 0.2) is 57.9 Å². The Labute approximate surface area is 139 Å². The van der Waals surface area contributed by atoms with Crippen LogP contribution in [0, 0.1) is 6.92 Å². The fraction of sp³-hybridized carbons (Fsp3) is 0.125. The number of hydrogen-bond donors (Lipinski definition) is 1. The molecule has 3 aromatic rings. The topological polar surface area (TPSA) is 94.3 Å². The van der Waals surface area contributed by atoms with Gasteiger partial charge in [0.15, 0.2) is 0 Å². The fourth-order valence-electron chi connectivity index (χ4n) is 2.10. The highest BCUT2D eigenvalue weighted by Crippen LogP contribution is 2.22. The van der Waals surface area contributed by atoms with Crippen molar-refractivity contribution in [2.75, 3.05) is 11.8 Å². The number of nitrogens with zero attached hydrogens (tertiary/aromatic N) is 2. The third-order valence-corrected chi connectivity index (χ3v) is 4.67. The van der Waals surface area contributed by atoms with Gasteiger partial charge < -0.3 is 9.26 Å². The third-order valence-electron chi connectivity index (χ3n) is 3.27. The Morgan fingerprint density at radius 3 is 2.50 bits per heavy atom. The van der Waals surface area contributed by atoms with E-state index in [0.29, 0.717) is 28.7 Å². The van der Waals surface area contributed by atoms with Gasteiger partial charge in [-0.05, 0) is 36.4 Å². The van der Waals surface area contributed by atoms with Gasteiger partial charge in [0.25, 0.3) is 10.0 Å². The summed E-state index contributed by atoms with van der Waals surface area (Å²) in [6.45, 7) is 1.69. The Bertz CT molecular complexity index is 949. The van der Waals surface area contributed by atoms with E-state index in [1.807, 2.05) is 0 Å². The van der Waals surface area contributed by atoms with Gasteiger partial charge in [-0.15, -0.1) is 0 Å². The molecule has 0 atom stereocenters. The molecule has 0 spiro atoms. The maximum absolute atomic E-state index is 12.5. The van der Waals surface area contributed by atoms with Gasteiger partial charge in [0.2, 0.25) is 11.7 Å². The number of sulfonamides is 1. The van der Waals surface area contributed by atoms with Gasteiger partial charge in [0, 0.05) is 18.6 Å². The van der Waals surface area contributed by atoms with Crippen LogP contribution >= 0.6 is 0 Å². The second-order valence-electron chi connectivity index (χ2n) is 5.00. The molecular weight excluding hydrogens is 330 g/mol. The first-order valence-electron chi connectivity index (χ1n) is 7.05. The molecule has 0 amide bonds. The first-order chi connectivity index (χ1) is 11.5. The zero-order valence-corrected chi connectivity index (χ0v) is 13.9. The van der Waals surface area contributed by atoms with E-state index in [9.17, 15) is 8.42 Å². The molecule has 0 unspecified atom stereocenters. The summed E-state index contributed by atoms with van der Waals surface area (Å²) in [7, 11) is -2.18. The standard InChI is InChI=1S/C16H15N3O4S/c1-11-17-16(18-23-11)12-6-8-15(9-7-12)24(20,21)19-13-4-3-5-14(10-13)22-2/h3-10,19H,1-2H3. The van der Waals surface area contributed by atoms with E-state index >= 15 is 0 Å². The lowest BCUT2D eigenvalue weighted by Crippen LogP contribution is -2.12. The highest BCUT2D eigenvalue weighted by molar-refractivity contribution is 7.92. The summed E-state index contributed by atoms with van der Waals surface area (Å²) in [4.78, 5) is 4.24. The summed E-state index contributed by atoms with van der Waals surface area (Å²) in [6.07, 6.45) is 0. The molecule has 24 heavy (non-hydrogen) atoms. The predicted octanol–water partition coefficient (Wildman–Crippen LogP) is 2.85. The summed E-state index contributed by atoms with van der Waals surface area (Å²) < 4.78 is 37.4. The highest BCUT2D eigenvalue weighted by Gasteiger charge is 2.15. The van der Waals surface area contributed by atoms with Crippen molar-refractivity contribution in [3.05, 3.63) is 54.4 Å². The van der Waals surface area contributed by atoms with Gasteiger partial charge in [0.05, 0.1) is 17.7 Å². The zero-order chi connectivity index (χ0) is 17.2. The summed E-state index contributed by atoms with van der Waals surface area (Å²) in [6, 6.07) is 12.9. The number of rotatable bonds is 5. The molecule has 1 heterocycles. The number of benzene rings is 2. The van der Waals surface area contributed by atoms with Crippen molar-refractivity contribution < 1.29 is 17.7 Å². The number of ether oxygens (including phenoxy) is 1. The minimum Gasteiger partial charge on any atom is -0.497 e. The lowest BCUT2D eigenvalue weighted by molar-refractivity contribution is 0.394. The molecule has 7 nitrogen and oxygen atoms in total. The summed E-state index contributed by atoms with van der Waals surface area (Å²) in [5.41, 5.74) is 1.10. The van der Waals surface area contributed by atoms with Crippen LogP contribution in [0.5, 0.6) is 5.75 Å². The molecule has 0 bridgehead atoms. The Kier molecular flexibility index (Phi) is 4.22. The van der Waals surface area contributed by atoms with Crippen molar-refractivity contribution in [3.8, 4) is 17.1 Å². The molecule has 124 valence electrons.